The van der Waals surface area contributed by atoms with Crippen molar-refractivity contribution in [3.63, 3.8) is 0 Å². The molecule has 0 aliphatic heterocycles. The SMILES string of the molecule is CC1(CNC(=O)C(N)c2ccccc2)CCCC1. The molecule has 1 aromatic rings. The van der Waals surface area contributed by atoms with Crippen LogP contribution in [0.15, 0.2) is 30.3 Å². The van der Waals surface area contributed by atoms with Gasteiger partial charge in [0.1, 0.15) is 6.04 Å². The molecule has 1 aromatic carbocycles. The topological polar surface area (TPSA) is 55.1 Å². The maximum absolute atomic E-state index is 12.0. The lowest BCUT2D eigenvalue weighted by Crippen LogP contribution is -2.39. The lowest BCUT2D eigenvalue weighted by Gasteiger charge is -2.24. The molecule has 1 atom stereocenters. The summed E-state index contributed by atoms with van der Waals surface area (Å²) in [5.41, 5.74) is 7.09. The highest BCUT2D eigenvalue weighted by atomic mass is 16.2. The smallest absolute Gasteiger partial charge is 0.241 e. The van der Waals surface area contributed by atoms with Gasteiger partial charge < -0.3 is 11.1 Å². The first-order chi connectivity index (χ1) is 8.61. The van der Waals surface area contributed by atoms with Crippen LogP contribution in [0.3, 0.4) is 0 Å². The molecule has 0 saturated heterocycles. The molecule has 3 nitrogen and oxygen atoms in total. The van der Waals surface area contributed by atoms with Crippen LogP contribution >= 0.6 is 0 Å². The normalized spacial score (nSPS) is 19.4. The minimum Gasteiger partial charge on any atom is -0.354 e. The molecule has 18 heavy (non-hydrogen) atoms. The van der Waals surface area contributed by atoms with Crippen LogP contribution in [0.5, 0.6) is 0 Å². The van der Waals surface area contributed by atoms with Crippen LogP contribution in [0.2, 0.25) is 0 Å². The van der Waals surface area contributed by atoms with Crippen LogP contribution in [0, 0.1) is 5.41 Å². The van der Waals surface area contributed by atoms with Crippen LogP contribution in [0.25, 0.3) is 0 Å². The molecule has 3 heteroatoms. The minimum atomic E-state index is -0.559. The van der Waals surface area contributed by atoms with Crippen molar-refractivity contribution in [1.29, 1.82) is 0 Å². The van der Waals surface area contributed by atoms with Crippen molar-refractivity contribution in [1.82, 2.24) is 5.32 Å². The van der Waals surface area contributed by atoms with Crippen molar-refractivity contribution in [3.8, 4) is 0 Å². The van der Waals surface area contributed by atoms with E-state index in [-0.39, 0.29) is 11.3 Å². The molecular weight excluding hydrogens is 224 g/mol. The van der Waals surface area contributed by atoms with E-state index in [4.69, 9.17) is 5.73 Å². The molecule has 98 valence electrons. The summed E-state index contributed by atoms with van der Waals surface area (Å²) in [4.78, 5) is 12.0. The maximum atomic E-state index is 12.0. The fourth-order valence-electron chi connectivity index (χ4n) is 2.63. The number of carbonyl (C=O) groups excluding carboxylic acids is 1. The molecule has 0 radical (unpaired) electrons. The Morgan fingerprint density at radius 1 is 1.33 bits per heavy atom. The summed E-state index contributed by atoms with van der Waals surface area (Å²) in [6.07, 6.45) is 4.95. The van der Waals surface area contributed by atoms with E-state index >= 15 is 0 Å². The van der Waals surface area contributed by atoms with Crippen LogP contribution in [-0.2, 0) is 4.79 Å². The van der Waals surface area contributed by atoms with Gasteiger partial charge in [-0.1, -0.05) is 50.1 Å². The average Bonchev–Trinajstić information content (AvgIpc) is 2.83. The quantitative estimate of drug-likeness (QED) is 0.857. The number of carbonyl (C=O) groups is 1. The van der Waals surface area contributed by atoms with Gasteiger partial charge in [-0.25, -0.2) is 0 Å². The Morgan fingerprint density at radius 2 is 1.94 bits per heavy atom. The second kappa shape index (κ2) is 5.53. The van der Waals surface area contributed by atoms with Gasteiger partial charge in [0.25, 0.3) is 0 Å². The molecule has 1 saturated carbocycles. The van der Waals surface area contributed by atoms with Crippen molar-refractivity contribution >= 4 is 5.91 Å². The van der Waals surface area contributed by atoms with E-state index in [0.717, 1.165) is 12.1 Å². The Labute approximate surface area is 109 Å². The summed E-state index contributed by atoms with van der Waals surface area (Å²) >= 11 is 0. The molecule has 3 N–H and O–H groups in total. The van der Waals surface area contributed by atoms with E-state index in [0.29, 0.717) is 0 Å². The Balaban J connectivity index is 1.88. The highest BCUT2D eigenvalue weighted by molar-refractivity contribution is 5.82. The molecule has 1 amide bonds. The number of hydrogen-bond donors (Lipinski definition) is 2. The number of hydrogen-bond acceptors (Lipinski definition) is 2. The van der Waals surface area contributed by atoms with Crippen LogP contribution in [0.4, 0.5) is 0 Å². The van der Waals surface area contributed by atoms with Gasteiger partial charge in [0, 0.05) is 6.54 Å². The summed E-state index contributed by atoms with van der Waals surface area (Å²) in [5.74, 6) is -0.0747. The summed E-state index contributed by atoms with van der Waals surface area (Å²) in [7, 11) is 0. The zero-order valence-electron chi connectivity index (χ0n) is 11.0. The molecule has 1 aliphatic rings. The summed E-state index contributed by atoms with van der Waals surface area (Å²) in [6, 6.07) is 8.95. The Bertz CT molecular complexity index is 396. The van der Waals surface area contributed by atoms with Gasteiger partial charge >= 0.3 is 0 Å². The summed E-state index contributed by atoms with van der Waals surface area (Å²) in [5, 5.41) is 3.00. The third kappa shape index (κ3) is 3.10. The Hall–Kier alpha value is -1.35. The van der Waals surface area contributed by atoms with E-state index in [1.807, 2.05) is 30.3 Å². The predicted octanol–water partition coefficient (Wildman–Crippen LogP) is 2.38. The standard InChI is InChI=1S/C15H22N2O/c1-15(9-5-6-10-15)11-17-14(18)13(16)12-7-3-2-4-8-12/h2-4,7-8,13H,5-6,9-11,16H2,1H3,(H,17,18). The van der Waals surface area contributed by atoms with Gasteiger partial charge in [-0.2, -0.15) is 0 Å². The van der Waals surface area contributed by atoms with E-state index < -0.39 is 6.04 Å². The van der Waals surface area contributed by atoms with Crippen molar-refractivity contribution in [2.75, 3.05) is 6.54 Å². The second-order valence-electron chi connectivity index (χ2n) is 5.62. The third-order valence-electron chi connectivity index (χ3n) is 3.94. The zero-order valence-corrected chi connectivity index (χ0v) is 11.0. The number of nitrogens with one attached hydrogen (secondary N) is 1. The highest BCUT2D eigenvalue weighted by Gasteiger charge is 2.29. The van der Waals surface area contributed by atoms with E-state index in [9.17, 15) is 4.79 Å². The van der Waals surface area contributed by atoms with Crippen molar-refractivity contribution < 1.29 is 4.79 Å². The van der Waals surface area contributed by atoms with Gasteiger partial charge in [0.15, 0.2) is 0 Å². The molecule has 0 aromatic heterocycles. The van der Waals surface area contributed by atoms with E-state index in [1.54, 1.807) is 0 Å². The third-order valence-corrected chi connectivity index (χ3v) is 3.94. The Morgan fingerprint density at radius 3 is 2.56 bits per heavy atom. The summed E-state index contributed by atoms with van der Waals surface area (Å²) in [6.45, 7) is 2.99. The lowest BCUT2D eigenvalue weighted by molar-refractivity contribution is -0.122. The molecule has 0 heterocycles. The largest absolute Gasteiger partial charge is 0.354 e. The molecule has 1 aliphatic carbocycles. The molecular formula is C15H22N2O. The predicted molar refractivity (Wildman–Crippen MR) is 73.0 cm³/mol. The minimum absolute atomic E-state index is 0.0747. The molecule has 1 fully saturated rings. The molecule has 1 unspecified atom stereocenters. The zero-order chi connectivity index (χ0) is 13.0. The number of benzene rings is 1. The maximum Gasteiger partial charge on any atom is 0.241 e. The molecule has 2 rings (SSSR count). The van der Waals surface area contributed by atoms with Crippen LogP contribution in [0.1, 0.15) is 44.2 Å². The van der Waals surface area contributed by atoms with E-state index in [1.165, 1.54) is 25.7 Å². The number of nitrogens with two attached hydrogens (primary N) is 1. The highest BCUT2D eigenvalue weighted by Crippen LogP contribution is 2.36. The van der Waals surface area contributed by atoms with Crippen molar-refractivity contribution in [2.24, 2.45) is 11.1 Å². The first kappa shape index (κ1) is 13.1. The van der Waals surface area contributed by atoms with Crippen molar-refractivity contribution in [3.05, 3.63) is 35.9 Å². The number of rotatable bonds is 4. The molecule has 0 spiro atoms. The first-order valence-electron chi connectivity index (χ1n) is 6.69. The Kier molecular flexibility index (Phi) is 4.02. The van der Waals surface area contributed by atoms with Crippen LogP contribution in [-0.4, -0.2) is 12.5 Å². The van der Waals surface area contributed by atoms with Crippen molar-refractivity contribution in [2.45, 2.75) is 38.6 Å². The van der Waals surface area contributed by atoms with E-state index in [2.05, 4.69) is 12.2 Å². The van der Waals surface area contributed by atoms with Gasteiger partial charge in [0.05, 0.1) is 0 Å². The fraction of sp³-hybridized carbons (Fsp3) is 0.533. The fourth-order valence-corrected chi connectivity index (χ4v) is 2.63. The summed E-state index contributed by atoms with van der Waals surface area (Å²) < 4.78 is 0. The number of amides is 1. The second-order valence-corrected chi connectivity index (χ2v) is 5.62. The van der Waals surface area contributed by atoms with Gasteiger partial charge in [-0.05, 0) is 23.8 Å². The molecule has 0 bridgehead atoms. The first-order valence-corrected chi connectivity index (χ1v) is 6.69. The van der Waals surface area contributed by atoms with Gasteiger partial charge in [0.2, 0.25) is 5.91 Å². The van der Waals surface area contributed by atoms with Crippen LogP contribution < -0.4 is 11.1 Å². The van der Waals surface area contributed by atoms with Gasteiger partial charge in [-0.15, -0.1) is 0 Å². The average molecular weight is 246 g/mol. The lowest BCUT2D eigenvalue weighted by atomic mass is 9.89. The monoisotopic (exact) mass is 246 g/mol. The van der Waals surface area contributed by atoms with Gasteiger partial charge in [-0.3, -0.25) is 4.79 Å².